The first kappa shape index (κ1) is 20.3. The molecule has 0 fully saturated rings. The lowest BCUT2D eigenvalue weighted by atomic mass is 10.2. The molecule has 4 aromatic rings. The Morgan fingerprint density at radius 2 is 1.79 bits per heavy atom. The Labute approximate surface area is 183 Å². The van der Waals surface area contributed by atoms with Gasteiger partial charge in [-0.25, -0.2) is 9.97 Å². The maximum Gasteiger partial charge on any atom is 0.145 e. The molecule has 28 heavy (non-hydrogen) atoms. The van der Waals surface area contributed by atoms with Gasteiger partial charge in [-0.3, -0.25) is 4.98 Å². The van der Waals surface area contributed by atoms with Crippen LogP contribution in [-0.2, 0) is 0 Å². The van der Waals surface area contributed by atoms with Crippen LogP contribution in [0.4, 0.5) is 11.5 Å². The minimum absolute atomic E-state index is 0. The summed E-state index contributed by atoms with van der Waals surface area (Å²) < 4.78 is 7.08. The number of nitrogens with zero attached hydrogens (tertiary/aromatic N) is 3. The molecule has 0 amide bonds. The summed E-state index contributed by atoms with van der Waals surface area (Å²) >= 11 is 2.29. The maximum absolute atomic E-state index is 5.94. The van der Waals surface area contributed by atoms with Crippen LogP contribution < -0.4 is 10.1 Å². The van der Waals surface area contributed by atoms with Crippen molar-refractivity contribution in [1.29, 1.82) is 0 Å². The molecule has 0 aliphatic heterocycles. The monoisotopic (exact) mass is 504 g/mol. The summed E-state index contributed by atoms with van der Waals surface area (Å²) in [4.78, 5) is 13.0. The molecule has 0 aliphatic carbocycles. The second-order valence-corrected chi connectivity index (χ2v) is 7.47. The summed E-state index contributed by atoms with van der Waals surface area (Å²) in [6.45, 7) is 3.97. The van der Waals surface area contributed by atoms with Gasteiger partial charge in [-0.2, -0.15) is 0 Å². The van der Waals surface area contributed by atoms with E-state index >= 15 is 0 Å². The number of pyridine rings is 1. The van der Waals surface area contributed by atoms with E-state index in [0.29, 0.717) is 0 Å². The number of ether oxygens (including phenoxy) is 1. The first-order valence-corrected chi connectivity index (χ1v) is 9.55. The van der Waals surface area contributed by atoms with E-state index in [9.17, 15) is 0 Å². The van der Waals surface area contributed by atoms with Crippen molar-refractivity contribution in [2.24, 2.45) is 0 Å². The number of nitrogens with one attached hydrogen (secondary N) is 1. The van der Waals surface area contributed by atoms with Crippen molar-refractivity contribution < 1.29 is 4.74 Å². The lowest BCUT2D eigenvalue weighted by Gasteiger charge is -2.12. The number of halogens is 2. The number of aryl methyl sites for hydroxylation is 2. The highest BCUT2D eigenvalue weighted by molar-refractivity contribution is 14.1. The fourth-order valence-corrected chi connectivity index (χ4v) is 3.24. The Bertz CT molecular complexity index is 1120. The lowest BCUT2D eigenvalue weighted by molar-refractivity contribution is 0.476. The van der Waals surface area contributed by atoms with Crippen LogP contribution in [0, 0.1) is 17.4 Å². The quantitative estimate of drug-likeness (QED) is 0.335. The Morgan fingerprint density at radius 3 is 2.54 bits per heavy atom. The smallest absolute Gasteiger partial charge is 0.145 e. The fourth-order valence-electron chi connectivity index (χ4n) is 2.75. The first-order valence-electron chi connectivity index (χ1n) is 8.47. The average molecular weight is 505 g/mol. The van der Waals surface area contributed by atoms with E-state index in [1.54, 1.807) is 12.5 Å². The molecule has 0 aliphatic rings. The minimum atomic E-state index is 0. The van der Waals surface area contributed by atoms with Gasteiger partial charge in [0.15, 0.2) is 0 Å². The minimum Gasteiger partial charge on any atom is -0.455 e. The molecule has 0 spiro atoms. The molecule has 0 saturated carbocycles. The zero-order valence-corrected chi connectivity index (χ0v) is 18.3. The summed E-state index contributed by atoms with van der Waals surface area (Å²) in [5, 5.41) is 4.38. The highest BCUT2D eigenvalue weighted by atomic mass is 127. The van der Waals surface area contributed by atoms with E-state index in [4.69, 9.17) is 4.74 Å². The van der Waals surface area contributed by atoms with Gasteiger partial charge in [0.2, 0.25) is 0 Å². The van der Waals surface area contributed by atoms with E-state index in [1.165, 1.54) is 0 Å². The molecule has 5 nitrogen and oxygen atoms in total. The Balaban J connectivity index is 0.00000225. The third-order valence-corrected chi connectivity index (χ3v) is 4.82. The Morgan fingerprint density at radius 1 is 0.929 bits per heavy atom. The van der Waals surface area contributed by atoms with E-state index < -0.39 is 0 Å². The second-order valence-electron chi connectivity index (χ2n) is 6.23. The summed E-state index contributed by atoms with van der Waals surface area (Å²) in [6.07, 6.45) is 3.31. The average Bonchev–Trinajstić information content (AvgIpc) is 2.66. The largest absolute Gasteiger partial charge is 0.455 e. The van der Waals surface area contributed by atoms with Gasteiger partial charge < -0.3 is 10.1 Å². The number of hydrogen-bond acceptors (Lipinski definition) is 5. The van der Waals surface area contributed by atoms with Crippen LogP contribution in [0.1, 0.15) is 11.3 Å². The zero-order chi connectivity index (χ0) is 18.8. The van der Waals surface area contributed by atoms with Crippen molar-refractivity contribution in [1.82, 2.24) is 15.0 Å². The fraction of sp³-hybridized carbons (Fsp3) is 0.0952. The van der Waals surface area contributed by atoms with E-state index in [1.807, 2.05) is 56.3 Å². The number of anilines is 2. The lowest BCUT2D eigenvalue weighted by Crippen LogP contribution is -1.97. The summed E-state index contributed by atoms with van der Waals surface area (Å²) in [5.41, 5.74) is 3.84. The molecule has 2 heterocycles. The van der Waals surface area contributed by atoms with E-state index in [2.05, 4.69) is 48.9 Å². The molecule has 0 bridgehead atoms. The van der Waals surface area contributed by atoms with Gasteiger partial charge in [-0.15, -0.1) is 12.4 Å². The molecule has 7 heteroatoms. The van der Waals surface area contributed by atoms with E-state index in [-0.39, 0.29) is 12.4 Å². The van der Waals surface area contributed by atoms with Crippen LogP contribution in [0.2, 0.25) is 0 Å². The summed E-state index contributed by atoms with van der Waals surface area (Å²) in [6, 6.07) is 15.9. The standard InChI is InChI=1S/C21H17IN4O.ClH/c1-13-9-16(5-8-20(13)27-17-6-3-14(2)23-11-17)26-21-18-10-15(22)4-7-19(18)24-12-25-21;/h3-12H,1-2H3,(H,24,25,26);1H. The number of rotatable bonds is 4. The maximum atomic E-state index is 5.94. The van der Waals surface area contributed by atoms with Crippen molar-refractivity contribution in [2.45, 2.75) is 13.8 Å². The van der Waals surface area contributed by atoms with Crippen molar-refractivity contribution in [2.75, 3.05) is 5.32 Å². The Kier molecular flexibility index (Phi) is 6.31. The van der Waals surface area contributed by atoms with Gasteiger partial charge in [0.05, 0.1) is 11.7 Å². The molecule has 1 N–H and O–H groups in total. The van der Waals surface area contributed by atoms with Gasteiger partial charge in [-0.1, -0.05) is 0 Å². The van der Waals surface area contributed by atoms with Crippen molar-refractivity contribution in [3.05, 3.63) is 75.9 Å². The van der Waals surface area contributed by atoms with Gasteiger partial charge >= 0.3 is 0 Å². The molecule has 2 aromatic heterocycles. The molecular formula is C21H18ClIN4O. The number of hydrogen-bond donors (Lipinski definition) is 1. The number of benzene rings is 2. The highest BCUT2D eigenvalue weighted by Crippen LogP contribution is 2.30. The van der Waals surface area contributed by atoms with Crippen LogP contribution >= 0.6 is 35.0 Å². The van der Waals surface area contributed by atoms with Crippen LogP contribution in [0.5, 0.6) is 11.5 Å². The van der Waals surface area contributed by atoms with Crippen molar-refractivity contribution in [3.8, 4) is 11.5 Å². The van der Waals surface area contributed by atoms with Crippen LogP contribution in [0.3, 0.4) is 0 Å². The SMILES string of the molecule is Cc1ccc(Oc2ccc(Nc3ncnc4ccc(I)cc34)cc2C)cn1.Cl. The van der Waals surface area contributed by atoms with Gasteiger partial charge in [-0.05, 0) is 90.5 Å². The van der Waals surface area contributed by atoms with Crippen LogP contribution in [0.15, 0.2) is 61.1 Å². The third-order valence-electron chi connectivity index (χ3n) is 4.15. The summed E-state index contributed by atoms with van der Waals surface area (Å²) in [5.74, 6) is 2.31. The first-order chi connectivity index (χ1) is 13.1. The third kappa shape index (κ3) is 4.51. The van der Waals surface area contributed by atoms with Crippen LogP contribution in [0.25, 0.3) is 10.9 Å². The van der Waals surface area contributed by atoms with E-state index in [0.717, 1.165) is 48.7 Å². The van der Waals surface area contributed by atoms with Gasteiger partial charge in [0, 0.05) is 20.3 Å². The summed E-state index contributed by atoms with van der Waals surface area (Å²) in [7, 11) is 0. The van der Waals surface area contributed by atoms with Gasteiger partial charge in [0.1, 0.15) is 23.6 Å². The van der Waals surface area contributed by atoms with Crippen molar-refractivity contribution >= 4 is 57.4 Å². The highest BCUT2D eigenvalue weighted by Gasteiger charge is 2.07. The predicted molar refractivity (Wildman–Crippen MR) is 123 cm³/mol. The number of fused-ring (bicyclic) bond motifs is 1. The topological polar surface area (TPSA) is 59.9 Å². The molecule has 0 unspecified atom stereocenters. The molecule has 4 rings (SSSR count). The Hall–Kier alpha value is -2.45. The number of aromatic nitrogens is 3. The molecule has 0 atom stereocenters. The molecule has 2 aromatic carbocycles. The molecule has 0 radical (unpaired) electrons. The van der Waals surface area contributed by atoms with Crippen molar-refractivity contribution in [3.63, 3.8) is 0 Å². The second kappa shape index (κ2) is 8.70. The van der Waals surface area contributed by atoms with Gasteiger partial charge in [0.25, 0.3) is 0 Å². The normalized spacial score (nSPS) is 10.4. The molecular weight excluding hydrogens is 487 g/mol. The zero-order valence-electron chi connectivity index (χ0n) is 15.3. The van der Waals surface area contributed by atoms with Crippen LogP contribution in [-0.4, -0.2) is 15.0 Å². The predicted octanol–water partition coefficient (Wildman–Crippen LogP) is 6.20. The molecule has 0 saturated heterocycles. The molecule has 142 valence electrons.